The van der Waals surface area contributed by atoms with E-state index in [4.69, 9.17) is 16.3 Å². The second-order valence-corrected chi connectivity index (χ2v) is 7.30. The topological polar surface area (TPSA) is 99.3 Å². The number of hydrogen-bond donors (Lipinski definition) is 1. The van der Waals surface area contributed by atoms with Crippen molar-refractivity contribution in [3.05, 3.63) is 74.6 Å². The monoisotopic (exact) mass is 468 g/mol. The summed E-state index contributed by atoms with van der Waals surface area (Å²) in [6, 6.07) is 9.16. The molecule has 0 unspecified atom stereocenters. The Morgan fingerprint density at radius 3 is 2.56 bits per heavy atom. The second-order valence-electron chi connectivity index (χ2n) is 6.86. The molecule has 0 saturated heterocycles. The van der Waals surface area contributed by atoms with Gasteiger partial charge in [0.2, 0.25) is 5.91 Å². The number of halogens is 4. The van der Waals surface area contributed by atoms with Crippen molar-refractivity contribution in [1.82, 2.24) is 9.78 Å². The molecule has 1 aromatic heterocycles. The van der Waals surface area contributed by atoms with Gasteiger partial charge < -0.3 is 10.1 Å². The minimum atomic E-state index is -4.69. The smallest absolute Gasteiger partial charge is 0.433 e. The molecule has 3 aromatic rings. The maximum absolute atomic E-state index is 13.1. The molecule has 3 rings (SSSR count). The Balaban J connectivity index is 1.85. The van der Waals surface area contributed by atoms with Crippen molar-refractivity contribution < 1.29 is 27.6 Å². The second kappa shape index (κ2) is 8.87. The van der Waals surface area contributed by atoms with Crippen LogP contribution in [-0.2, 0) is 17.5 Å². The number of hydrogen-bond acceptors (Lipinski definition) is 5. The Bertz CT molecular complexity index is 1190. The molecule has 8 nitrogen and oxygen atoms in total. The number of carbonyl (C=O) groups excluding carboxylic acids is 1. The van der Waals surface area contributed by atoms with Crippen LogP contribution >= 0.6 is 11.6 Å². The van der Waals surface area contributed by atoms with Crippen molar-refractivity contribution in [1.29, 1.82) is 0 Å². The minimum absolute atomic E-state index is 0.0248. The van der Waals surface area contributed by atoms with Crippen LogP contribution in [0.4, 0.5) is 24.5 Å². The number of rotatable bonds is 6. The van der Waals surface area contributed by atoms with Gasteiger partial charge in [0.15, 0.2) is 0 Å². The van der Waals surface area contributed by atoms with E-state index in [1.165, 1.54) is 13.0 Å². The van der Waals surface area contributed by atoms with Crippen LogP contribution in [0.3, 0.4) is 0 Å². The molecule has 1 amide bonds. The van der Waals surface area contributed by atoms with E-state index in [2.05, 4.69) is 10.4 Å². The average Bonchev–Trinajstić information content (AvgIpc) is 3.04. The molecule has 12 heteroatoms. The number of carbonyl (C=O) groups is 1. The van der Waals surface area contributed by atoms with Crippen molar-refractivity contribution >= 4 is 28.9 Å². The van der Waals surface area contributed by atoms with Crippen LogP contribution in [-0.4, -0.2) is 20.6 Å². The zero-order valence-corrected chi connectivity index (χ0v) is 17.5. The molecule has 0 fully saturated rings. The van der Waals surface area contributed by atoms with Gasteiger partial charge in [0.1, 0.15) is 23.7 Å². The SMILES string of the molecule is Cc1cc(C(F)(F)F)n(CC(=O)Nc2cc(Oc3ccc(Cl)cc3C)cc([N+](=O)[O-])c2)n1. The summed E-state index contributed by atoms with van der Waals surface area (Å²) in [6.45, 7) is 2.36. The summed E-state index contributed by atoms with van der Waals surface area (Å²) in [4.78, 5) is 22.9. The summed E-state index contributed by atoms with van der Waals surface area (Å²) in [5, 5.41) is 17.8. The van der Waals surface area contributed by atoms with Gasteiger partial charge in [-0.2, -0.15) is 18.3 Å². The standard InChI is InChI=1S/C20H16ClF3N4O4/c1-11-5-13(21)3-4-17(11)32-16-8-14(7-15(9-16)28(30)31)25-19(29)10-27-18(20(22,23)24)6-12(2)26-27/h3-9H,10H2,1-2H3,(H,25,29). The van der Waals surface area contributed by atoms with Crippen molar-refractivity contribution in [2.24, 2.45) is 0 Å². The lowest BCUT2D eigenvalue weighted by molar-refractivity contribution is -0.384. The van der Waals surface area contributed by atoms with Crippen LogP contribution in [0.5, 0.6) is 11.5 Å². The highest BCUT2D eigenvalue weighted by molar-refractivity contribution is 6.30. The Labute approximate surface area is 184 Å². The molecule has 0 saturated carbocycles. The van der Waals surface area contributed by atoms with E-state index in [1.54, 1.807) is 25.1 Å². The molecule has 1 heterocycles. The highest BCUT2D eigenvalue weighted by atomic mass is 35.5. The number of nitrogens with one attached hydrogen (secondary N) is 1. The summed E-state index contributed by atoms with van der Waals surface area (Å²) in [6.07, 6.45) is -4.69. The van der Waals surface area contributed by atoms with Crippen molar-refractivity contribution in [2.45, 2.75) is 26.6 Å². The number of ether oxygens (including phenoxy) is 1. The first-order chi connectivity index (χ1) is 14.9. The minimum Gasteiger partial charge on any atom is -0.457 e. The van der Waals surface area contributed by atoms with E-state index in [-0.39, 0.29) is 22.8 Å². The summed E-state index contributed by atoms with van der Waals surface area (Å²) in [7, 11) is 0. The third-order valence-electron chi connectivity index (χ3n) is 4.24. The van der Waals surface area contributed by atoms with Gasteiger partial charge in [-0.25, -0.2) is 0 Å². The highest BCUT2D eigenvalue weighted by Crippen LogP contribution is 2.33. The Morgan fingerprint density at radius 2 is 1.94 bits per heavy atom. The highest BCUT2D eigenvalue weighted by Gasteiger charge is 2.35. The molecule has 0 aliphatic carbocycles. The van der Waals surface area contributed by atoms with E-state index < -0.39 is 29.2 Å². The largest absolute Gasteiger partial charge is 0.457 e. The molecule has 0 aliphatic heterocycles. The van der Waals surface area contributed by atoms with Crippen LogP contribution in [0.1, 0.15) is 17.0 Å². The first kappa shape index (κ1) is 23.1. The van der Waals surface area contributed by atoms with E-state index >= 15 is 0 Å². The van der Waals surface area contributed by atoms with E-state index in [0.29, 0.717) is 21.0 Å². The maximum atomic E-state index is 13.1. The number of non-ortho nitro benzene ring substituents is 1. The first-order valence-electron chi connectivity index (χ1n) is 9.07. The average molecular weight is 469 g/mol. The number of aryl methyl sites for hydroxylation is 2. The molecule has 0 atom stereocenters. The number of nitro benzene ring substituents is 1. The van der Waals surface area contributed by atoms with Gasteiger partial charge in [0.05, 0.1) is 22.4 Å². The predicted molar refractivity (Wildman–Crippen MR) is 110 cm³/mol. The van der Waals surface area contributed by atoms with Gasteiger partial charge in [-0.05, 0) is 43.7 Å². The Hall–Kier alpha value is -3.60. The number of nitrogens with zero attached hydrogens (tertiary/aromatic N) is 3. The summed E-state index contributed by atoms with van der Waals surface area (Å²) < 4.78 is 45.5. The number of anilines is 1. The van der Waals surface area contributed by atoms with Gasteiger partial charge in [0, 0.05) is 17.2 Å². The van der Waals surface area contributed by atoms with E-state index in [0.717, 1.165) is 18.2 Å². The van der Waals surface area contributed by atoms with Gasteiger partial charge >= 0.3 is 6.18 Å². The molecular weight excluding hydrogens is 453 g/mol. The van der Waals surface area contributed by atoms with Gasteiger partial charge in [0.25, 0.3) is 5.69 Å². The molecule has 0 bridgehead atoms. The van der Waals surface area contributed by atoms with Crippen LogP contribution < -0.4 is 10.1 Å². The van der Waals surface area contributed by atoms with Crippen LogP contribution in [0.15, 0.2) is 42.5 Å². The Morgan fingerprint density at radius 1 is 1.22 bits per heavy atom. The number of nitro groups is 1. The summed E-state index contributed by atoms with van der Waals surface area (Å²) in [5.41, 5.74) is -0.720. The van der Waals surface area contributed by atoms with E-state index in [9.17, 15) is 28.1 Å². The molecule has 0 radical (unpaired) electrons. The van der Waals surface area contributed by atoms with Gasteiger partial charge in [-0.15, -0.1) is 0 Å². The van der Waals surface area contributed by atoms with Crippen molar-refractivity contribution in [3.63, 3.8) is 0 Å². The van der Waals surface area contributed by atoms with Crippen molar-refractivity contribution in [2.75, 3.05) is 5.32 Å². The van der Waals surface area contributed by atoms with Crippen LogP contribution in [0.2, 0.25) is 5.02 Å². The van der Waals surface area contributed by atoms with Crippen molar-refractivity contribution in [3.8, 4) is 11.5 Å². The molecule has 32 heavy (non-hydrogen) atoms. The van der Waals surface area contributed by atoms with Crippen LogP contribution in [0.25, 0.3) is 0 Å². The zero-order valence-electron chi connectivity index (χ0n) is 16.7. The fourth-order valence-electron chi connectivity index (χ4n) is 2.90. The van der Waals surface area contributed by atoms with E-state index in [1.807, 2.05) is 0 Å². The summed E-state index contributed by atoms with van der Waals surface area (Å²) >= 11 is 5.91. The maximum Gasteiger partial charge on any atom is 0.433 e. The first-order valence-corrected chi connectivity index (χ1v) is 9.45. The molecule has 0 aliphatic rings. The lowest BCUT2D eigenvalue weighted by atomic mass is 10.2. The fourth-order valence-corrected chi connectivity index (χ4v) is 3.13. The fraction of sp³-hybridized carbons (Fsp3) is 0.200. The molecule has 2 aromatic carbocycles. The Kier molecular flexibility index (Phi) is 6.40. The molecule has 1 N–H and O–H groups in total. The van der Waals surface area contributed by atoms with Gasteiger partial charge in [-0.3, -0.25) is 19.6 Å². The molecular formula is C20H16ClF3N4O4. The molecule has 0 spiro atoms. The summed E-state index contributed by atoms with van der Waals surface area (Å²) in [5.74, 6) is -0.424. The third kappa shape index (κ3) is 5.55. The lowest BCUT2D eigenvalue weighted by Gasteiger charge is -2.12. The molecule has 168 valence electrons. The van der Waals surface area contributed by atoms with Crippen LogP contribution in [0, 0.1) is 24.0 Å². The number of aromatic nitrogens is 2. The zero-order chi connectivity index (χ0) is 23.6. The van der Waals surface area contributed by atoms with Gasteiger partial charge in [-0.1, -0.05) is 11.6 Å². The predicted octanol–water partition coefficient (Wildman–Crippen LogP) is 5.51. The quantitative estimate of drug-likeness (QED) is 0.380. The third-order valence-corrected chi connectivity index (χ3v) is 4.47. The lowest BCUT2D eigenvalue weighted by Crippen LogP contribution is -2.23. The number of benzene rings is 2. The number of amides is 1. The number of alkyl halides is 3. The normalized spacial score (nSPS) is 11.3.